The lowest BCUT2D eigenvalue weighted by atomic mass is 10.2. The van der Waals surface area contributed by atoms with Gasteiger partial charge in [-0.1, -0.05) is 21.1 Å². The van der Waals surface area contributed by atoms with Crippen molar-refractivity contribution in [3.8, 4) is 11.5 Å². The van der Waals surface area contributed by atoms with Crippen LogP contribution in [0.2, 0.25) is 0 Å². The third-order valence-corrected chi connectivity index (χ3v) is 3.23. The maximum atomic E-state index is 11.1. The lowest BCUT2D eigenvalue weighted by molar-refractivity contribution is -0.394. The van der Waals surface area contributed by atoms with Crippen LogP contribution in [0.3, 0.4) is 0 Å². The first-order valence-corrected chi connectivity index (χ1v) is 6.79. The molecule has 2 aromatic carbocycles. The van der Waals surface area contributed by atoms with E-state index in [4.69, 9.17) is 9.94 Å². The van der Waals surface area contributed by atoms with E-state index >= 15 is 0 Å². The molecule has 23 heavy (non-hydrogen) atoms. The third kappa shape index (κ3) is 3.80. The quantitative estimate of drug-likeness (QED) is 0.362. The molecule has 118 valence electrons. The van der Waals surface area contributed by atoms with Crippen LogP contribution in [0.15, 0.2) is 46.0 Å². The molecule has 0 bridgehead atoms. The zero-order valence-corrected chi connectivity index (χ0v) is 12.8. The van der Waals surface area contributed by atoms with E-state index in [1.807, 2.05) is 0 Å². The zero-order valence-electron chi connectivity index (χ0n) is 11.2. The molecule has 0 heterocycles. The third-order valence-electron chi connectivity index (χ3n) is 2.74. The molecule has 0 saturated heterocycles. The Balaban J connectivity index is 2.48. The van der Waals surface area contributed by atoms with E-state index < -0.39 is 21.2 Å². The maximum Gasteiger partial charge on any atom is 0.318 e. The lowest BCUT2D eigenvalue weighted by Gasteiger charge is -2.09. The van der Waals surface area contributed by atoms with Crippen molar-refractivity contribution in [3.05, 3.63) is 66.7 Å². The first-order chi connectivity index (χ1) is 10.9. The van der Waals surface area contributed by atoms with Crippen LogP contribution in [-0.2, 0) is 0 Å². The summed E-state index contributed by atoms with van der Waals surface area (Å²) in [6.07, 6.45) is 1.09. The predicted molar refractivity (Wildman–Crippen MR) is 83.3 cm³/mol. The molecule has 0 saturated carbocycles. The highest BCUT2D eigenvalue weighted by Gasteiger charge is 2.21. The van der Waals surface area contributed by atoms with E-state index in [2.05, 4.69) is 21.1 Å². The van der Waals surface area contributed by atoms with Crippen molar-refractivity contribution in [1.29, 1.82) is 0 Å². The maximum absolute atomic E-state index is 11.1. The van der Waals surface area contributed by atoms with Crippen LogP contribution in [0.5, 0.6) is 11.5 Å². The van der Waals surface area contributed by atoms with Crippen LogP contribution in [0.4, 0.5) is 11.4 Å². The van der Waals surface area contributed by atoms with Crippen molar-refractivity contribution in [2.24, 2.45) is 5.16 Å². The number of rotatable bonds is 5. The van der Waals surface area contributed by atoms with Gasteiger partial charge in [0.15, 0.2) is 0 Å². The van der Waals surface area contributed by atoms with E-state index in [-0.39, 0.29) is 11.5 Å². The Hall–Kier alpha value is -3.01. The van der Waals surface area contributed by atoms with Crippen LogP contribution in [0, 0.1) is 20.2 Å². The van der Waals surface area contributed by atoms with Gasteiger partial charge >= 0.3 is 5.69 Å². The van der Waals surface area contributed by atoms with E-state index in [0.717, 1.165) is 24.4 Å². The van der Waals surface area contributed by atoms with Gasteiger partial charge in [0.25, 0.3) is 5.69 Å². The number of oxime groups is 1. The standard InChI is InChI=1S/C13H8BrN3O6/c14-9-1-3-12(8(5-9)7-15-18)23-13-4-2-10(16(19)20)6-11(13)17(21)22/h1-7,18H. The van der Waals surface area contributed by atoms with Crippen molar-refractivity contribution < 1.29 is 19.8 Å². The first-order valence-electron chi connectivity index (χ1n) is 6.00. The monoisotopic (exact) mass is 381 g/mol. The van der Waals surface area contributed by atoms with E-state index in [1.165, 1.54) is 6.07 Å². The van der Waals surface area contributed by atoms with E-state index in [1.54, 1.807) is 12.1 Å². The molecule has 1 N–H and O–H groups in total. The fourth-order valence-electron chi connectivity index (χ4n) is 1.74. The zero-order chi connectivity index (χ0) is 17.0. The normalized spacial score (nSPS) is 10.7. The lowest BCUT2D eigenvalue weighted by Crippen LogP contribution is -1.97. The van der Waals surface area contributed by atoms with Crippen LogP contribution >= 0.6 is 15.9 Å². The van der Waals surface area contributed by atoms with Gasteiger partial charge in [0.1, 0.15) is 5.75 Å². The highest BCUT2D eigenvalue weighted by atomic mass is 79.9. The largest absolute Gasteiger partial charge is 0.449 e. The molecule has 0 atom stereocenters. The molecule has 10 heteroatoms. The highest BCUT2D eigenvalue weighted by molar-refractivity contribution is 9.10. The van der Waals surface area contributed by atoms with Gasteiger partial charge in [-0.25, -0.2) is 0 Å². The SMILES string of the molecule is O=[N+]([O-])c1ccc(Oc2ccc(Br)cc2C=NO)c([N+](=O)[O-])c1. The summed E-state index contributed by atoms with van der Waals surface area (Å²) in [5.74, 6) is 0.0125. The fourth-order valence-corrected chi connectivity index (χ4v) is 2.12. The molecule has 0 amide bonds. The molecule has 0 aliphatic heterocycles. The Labute approximate surface area is 137 Å². The summed E-state index contributed by atoms with van der Waals surface area (Å²) < 4.78 is 6.14. The minimum Gasteiger partial charge on any atom is -0.449 e. The number of halogens is 1. The summed E-state index contributed by atoms with van der Waals surface area (Å²) in [5.41, 5.74) is -0.611. The molecular formula is C13H8BrN3O6. The number of non-ortho nitro benzene ring substituents is 1. The number of nitrogens with zero attached hydrogens (tertiary/aromatic N) is 3. The minimum absolute atomic E-state index is 0.171. The molecule has 0 aliphatic rings. The Morgan fingerprint density at radius 1 is 1.09 bits per heavy atom. The van der Waals surface area contributed by atoms with Gasteiger partial charge in [-0.3, -0.25) is 20.2 Å². The minimum atomic E-state index is -0.777. The highest BCUT2D eigenvalue weighted by Crippen LogP contribution is 2.35. The van der Waals surface area contributed by atoms with E-state index in [0.29, 0.717) is 10.0 Å². The van der Waals surface area contributed by atoms with Gasteiger partial charge in [-0.15, -0.1) is 0 Å². The molecule has 0 radical (unpaired) electrons. The summed E-state index contributed by atoms with van der Waals surface area (Å²) in [4.78, 5) is 20.3. The summed E-state index contributed by atoms with van der Waals surface area (Å²) in [5, 5.41) is 33.3. The van der Waals surface area contributed by atoms with Gasteiger partial charge in [-0.05, 0) is 24.3 Å². The smallest absolute Gasteiger partial charge is 0.318 e. The Bertz CT molecular complexity index is 808. The number of benzene rings is 2. The average Bonchev–Trinajstić information content (AvgIpc) is 2.50. The Morgan fingerprint density at radius 2 is 1.78 bits per heavy atom. The van der Waals surface area contributed by atoms with Crippen molar-refractivity contribution >= 4 is 33.5 Å². The summed E-state index contributed by atoms with van der Waals surface area (Å²) in [6.45, 7) is 0. The molecule has 0 aromatic heterocycles. The predicted octanol–water partition coefficient (Wildman–Crippen LogP) is 3.87. The first kappa shape index (κ1) is 16.4. The number of nitro benzene ring substituents is 2. The van der Waals surface area contributed by atoms with Gasteiger partial charge < -0.3 is 9.94 Å². The molecule has 9 nitrogen and oxygen atoms in total. The summed E-state index contributed by atoms with van der Waals surface area (Å²) in [6, 6.07) is 7.76. The van der Waals surface area contributed by atoms with Crippen molar-refractivity contribution in [2.75, 3.05) is 0 Å². The van der Waals surface area contributed by atoms with Crippen LogP contribution in [0.1, 0.15) is 5.56 Å². The van der Waals surface area contributed by atoms with Gasteiger partial charge in [0.05, 0.1) is 22.1 Å². The number of nitro groups is 2. The van der Waals surface area contributed by atoms with Crippen molar-refractivity contribution in [2.45, 2.75) is 0 Å². The van der Waals surface area contributed by atoms with Gasteiger partial charge in [-0.2, -0.15) is 0 Å². The average molecular weight is 382 g/mol. The number of hydrogen-bond donors (Lipinski definition) is 1. The number of hydrogen-bond acceptors (Lipinski definition) is 7. The molecule has 0 spiro atoms. The van der Waals surface area contributed by atoms with Gasteiger partial charge in [0, 0.05) is 16.1 Å². The Kier molecular flexibility index (Phi) is 4.86. The molecule has 2 rings (SSSR count). The van der Waals surface area contributed by atoms with E-state index in [9.17, 15) is 20.2 Å². The fraction of sp³-hybridized carbons (Fsp3) is 0. The number of ether oxygens (including phenoxy) is 1. The van der Waals surface area contributed by atoms with Crippen LogP contribution in [0.25, 0.3) is 0 Å². The second-order valence-corrected chi connectivity index (χ2v) is 5.11. The second-order valence-electron chi connectivity index (χ2n) is 4.20. The van der Waals surface area contributed by atoms with Crippen LogP contribution < -0.4 is 4.74 Å². The Morgan fingerprint density at radius 3 is 2.39 bits per heavy atom. The second kappa shape index (κ2) is 6.83. The van der Waals surface area contributed by atoms with Crippen molar-refractivity contribution in [1.82, 2.24) is 0 Å². The van der Waals surface area contributed by atoms with Crippen LogP contribution in [-0.4, -0.2) is 21.3 Å². The van der Waals surface area contributed by atoms with Crippen molar-refractivity contribution in [3.63, 3.8) is 0 Å². The molecule has 2 aromatic rings. The molecule has 0 aliphatic carbocycles. The summed E-state index contributed by atoms with van der Waals surface area (Å²) >= 11 is 3.23. The molecule has 0 unspecified atom stereocenters. The summed E-state index contributed by atoms with van der Waals surface area (Å²) in [7, 11) is 0. The molecular weight excluding hydrogens is 374 g/mol. The molecule has 0 fully saturated rings. The van der Waals surface area contributed by atoms with Gasteiger partial charge in [0.2, 0.25) is 5.75 Å². The topological polar surface area (TPSA) is 128 Å².